The van der Waals surface area contributed by atoms with Crippen molar-refractivity contribution in [2.75, 3.05) is 0 Å². The molecule has 0 atom stereocenters. The van der Waals surface area contributed by atoms with E-state index in [4.69, 9.17) is 14.2 Å². The van der Waals surface area contributed by atoms with E-state index in [1.54, 1.807) is 12.2 Å². The van der Waals surface area contributed by atoms with Gasteiger partial charge in [-0.3, -0.25) is 0 Å². The summed E-state index contributed by atoms with van der Waals surface area (Å²) in [5.41, 5.74) is 13.1. The first-order chi connectivity index (χ1) is 6.82. The van der Waals surface area contributed by atoms with E-state index >= 15 is 0 Å². The molecule has 0 fully saturated rings. The summed E-state index contributed by atoms with van der Waals surface area (Å²) in [6.07, 6.45) is 3.93. The van der Waals surface area contributed by atoms with Crippen LogP contribution in [0.3, 0.4) is 0 Å². The summed E-state index contributed by atoms with van der Waals surface area (Å²) in [5, 5.41) is 0. The average molecular weight is 182 g/mol. The summed E-state index contributed by atoms with van der Waals surface area (Å²) in [6.45, 7) is 3.95. The Morgan fingerprint density at radius 1 is 1.54 bits per heavy atom. The van der Waals surface area contributed by atoms with Gasteiger partial charge in [0.15, 0.2) is 0 Å². The van der Waals surface area contributed by atoms with E-state index in [9.17, 15) is 0 Å². The highest BCUT2D eigenvalue weighted by molar-refractivity contribution is 5.37. The van der Waals surface area contributed by atoms with Crippen LogP contribution in [-0.4, -0.2) is 5.66 Å². The van der Waals surface area contributed by atoms with Gasteiger partial charge in [0, 0.05) is 2.74 Å². The van der Waals surface area contributed by atoms with Crippen LogP contribution >= 0.6 is 0 Å². The van der Waals surface area contributed by atoms with Crippen LogP contribution < -0.4 is 11.5 Å². The molecule has 1 aliphatic carbocycles. The smallest absolute Gasteiger partial charge is 0.0896 e. The van der Waals surface area contributed by atoms with Gasteiger partial charge < -0.3 is 11.5 Å². The fourth-order valence-corrected chi connectivity index (χ4v) is 1.53. The molecule has 0 aliphatic heterocycles. The predicted molar refractivity (Wildman–Crippen MR) is 57.1 cm³/mol. The molecule has 0 amide bonds. The van der Waals surface area contributed by atoms with Gasteiger partial charge in [-0.25, -0.2) is 0 Å². The fourth-order valence-electron chi connectivity index (χ4n) is 1.53. The SMILES string of the molecule is [2H]C1([2H])C=CC(C(N)(N)CC)=C(CC)C1. The summed E-state index contributed by atoms with van der Waals surface area (Å²) >= 11 is 0. The molecule has 0 saturated heterocycles. The summed E-state index contributed by atoms with van der Waals surface area (Å²) in [5.74, 6) is 0. The summed E-state index contributed by atoms with van der Waals surface area (Å²) in [7, 11) is 0. The molecule has 2 heteroatoms. The van der Waals surface area contributed by atoms with Crippen molar-refractivity contribution >= 4 is 0 Å². The van der Waals surface area contributed by atoms with E-state index in [0.29, 0.717) is 12.8 Å². The molecular formula is C11H20N2. The zero-order chi connectivity index (χ0) is 11.7. The van der Waals surface area contributed by atoms with Gasteiger partial charge in [-0.15, -0.1) is 0 Å². The van der Waals surface area contributed by atoms with Crippen LogP contribution in [0.25, 0.3) is 0 Å². The van der Waals surface area contributed by atoms with Crippen molar-refractivity contribution in [2.24, 2.45) is 11.5 Å². The van der Waals surface area contributed by atoms with Crippen molar-refractivity contribution < 1.29 is 2.74 Å². The second-order valence-corrected chi connectivity index (χ2v) is 3.48. The lowest BCUT2D eigenvalue weighted by atomic mass is 9.86. The maximum Gasteiger partial charge on any atom is 0.0896 e. The van der Waals surface area contributed by atoms with Crippen LogP contribution in [-0.2, 0) is 0 Å². The molecular weight excluding hydrogens is 160 g/mol. The Kier molecular flexibility index (Phi) is 2.43. The first-order valence-corrected chi connectivity index (χ1v) is 4.82. The van der Waals surface area contributed by atoms with Crippen LogP contribution in [0.4, 0.5) is 0 Å². The van der Waals surface area contributed by atoms with Gasteiger partial charge in [0.2, 0.25) is 0 Å². The number of nitrogens with two attached hydrogens (primary N) is 2. The highest BCUT2D eigenvalue weighted by Crippen LogP contribution is 2.27. The zero-order valence-electron chi connectivity index (χ0n) is 10.4. The van der Waals surface area contributed by atoms with Gasteiger partial charge in [-0.2, -0.15) is 0 Å². The molecule has 0 heterocycles. The van der Waals surface area contributed by atoms with Gasteiger partial charge >= 0.3 is 0 Å². The van der Waals surface area contributed by atoms with Gasteiger partial charge in [0.05, 0.1) is 5.66 Å². The second kappa shape index (κ2) is 4.07. The molecule has 0 aromatic rings. The Labute approximate surface area is 83.5 Å². The first-order valence-electron chi connectivity index (χ1n) is 5.82. The Morgan fingerprint density at radius 3 is 2.77 bits per heavy atom. The van der Waals surface area contributed by atoms with E-state index in [1.807, 2.05) is 13.8 Å². The van der Waals surface area contributed by atoms with Crippen molar-refractivity contribution in [2.45, 2.75) is 45.1 Å². The quantitative estimate of drug-likeness (QED) is 0.656. The van der Waals surface area contributed by atoms with E-state index in [0.717, 1.165) is 17.6 Å². The Morgan fingerprint density at radius 2 is 2.23 bits per heavy atom. The monoisotopic (exact) mass is 182 g/mol. The van der Waals surface area contributed by atoms with Crippen LogP contribution in [0.15, 0.2) is 23.3 Å². The van der Waals surface area contributed by atoms with Crippen molar-refractivity contribution in [3.63, 3.8) is 0 Å². The van der Waals surface area contributed by atoms with Crippen molar-refractivity contribution in [3.8, 4) is 0 Å². The van der Waals surface area contributed by atoms with Crippen LogP contribution in [0.5, 0.6) is 0 Å². The summed E-state index contributed by atoms with van der Waals surface area (Å²) in [4.78, 5) is 0. The van der Waals surface area contributed by atoms with Gasteiger partial charge in [-0.1, -0.05) is 31.6 Å². The highest BCUT2D eigenvalue weighted by Gasteiger charge is 2.24. The van der Waals surface area contributed by atoms with Crippen LogP contribution in [0, 0.1) is 0 Å². The molecule has 0 unspecified atom stereocenters. The molecule has 2 nitrogen and oxygen atoms in total. The molecule has 0 saturated carbocycles. The Bertz CT molecular complexity index is 304. The molecule has 0 aromatic heterocycles. The first kappa shape index (κ1) is 7.77. The Hall–Kier alpha value is -0.600. The zero-order valence-corrected chi connectivity index (χ0v) is 8.43. The third kappa shape index (κ3) is 2.20. The summed E-state index contributed by atoms with van der Waals surface area (Å²) in [6, 6.07) is 0. The molecule has 4 N–H and O–H groups in total. The Balaban J connectivity index is 3.07. The van der Waals surface area contributed by atoms with Crippen molar-refractivity contribution in [1.29, 1.82) is 0 Å². The van der Waals surface area contributed by atoms with Crippen LogP contribution in [0.1, 0.15) is 42.2 Å². The lowest BCUT2D eigenvalue weighted by Gasteiger charge is -2.29. The maximum absolute atomic E-state index is 7.68. The van der Waals surface area contributed by atoms with E-state index in [1.165, 1.54) is 0 Å². The summed E-state index contributed by atoms with van der Waals surface area (Å²) < 4.78 is 15.4. The van der Waals surface area contributed by atoms with Gasteiger partial charge in [0.1, 0.15) is 0 Å². The minimum atomic E-state index is -1.25. The van der Waals surface area contributed by atoms with Gasteiger partial charge in [0.25, 0.3) is 0 Å². The topological polar surface area (TPSA) is 52.0 Å². The van der Waals surface area contributed by atoms with Gasteiger partial charge in [-0.05, 0) is 31.2 Å². The number of hydrogen-bond donors (Lipinski definition) is 2. The molecule has 0 bridgehead atoms. The highest BCUT2D eigenvalue weighted by atomic mass is 15.0. The van der Waals surface area contributed by atoms with Crippen molar-refractivity contribution in [3.05, 3.63) is 23.3 Å². The minimum Gasteiger partial charge on any atom is -0.310 e. The molecule has 1 rings (SSSR count). The number of allylic oxidation sites excluding steroid dienone is 2. The third-order valence-corrected chi connectivity index (χ3v) is 2.58. The largest absolute Gasteiger partial charge is 0.310 e. The van der Waals surface area contributed by atoms with Crippen molar-refractivity contribution in [1.82, 2.24) is 0 Å². The molecule has 74 valence electrons. The van der Waals surface area contributed by atoms with E-state index in [-0.39, 0.29) is 0 Å². The standard InChI is InChI=1S/C11H20N2/c1-3-9-7-5-6-8-10(9)11(12,13)4-2/h6,8H,3-5,7,12-13H2,1-2H3/i5D2. The average Bonchev–Trinajstić information content (AvgIpc) is 2.16. The number of hydrogen-bond acceptors (Lipinski definition) is 2. The van der Waals surface area contributed by atoms with Crippen LogP contribution in [0.2, 0.25) is 0 Å². The molecule has 0 spiro atoms. The van der Waals surface area contributed by atoms with E-state index in [2.05, 4.69) is 0 Å². The minimum absolute atomic E-state index is 0.408. The molecule has 0 radical (unpaired) electrons. The maximum atomic E-state index is 7.68. The lowest BCUT2D eigenvalue weighted by Crippen LogP contribution is -2.50. The molecule has 13 heavy (non-hydrogen) atoms. The lowest BCUT2D eigenvalue weighted by molar-refractivity contribution is 0.501. The van der Waals surface area contributed by atoms with E-state index < -0.39 is 12.0 Å². The number of rotatable bonds is 3. The normalized spacial score (nSPS) is 24.3. The molecule has 1 aliphatic rings. The fraction of sp³-hybridized carbons (Fsp3) is 0.636. The third-order valence-electron chi connectivity index (χ3n) is 2.58. The second-order valence-electron chi connectivity index (χ2n) is 3.48. The predicted octanol–water partition coefficient (Wildman–Crippen LogP) is 2.07. The molecule has 0 aromatic carbocycles.